The Kier molecular flexibility index (Phi) is 4.76. The predicted molar refractivity (Wildman–Crippen MR) is 78.5 cm³/mol. The molecule has 0 atom stereocenters. The van der Waals surface area contributed by atoms with Gasteiger partial charge in [-0.25, -0.2) is 0 Å². The molecular formula is C15H19N3O2. The molecule has 0 aliphatic rings. The van der Waals surface area contributed by atoms with Gasteiger partial charge >= 0.3 is 0 Å². The first-order valence-electron chi connectivity index (χ1n) is 6.83. The summed E-state index contributed by atoms with van der Waals surface area (Å²) in [5, 5.41) is 6.62. The van der Waals surface area contributed by atoms with Crippen molar-refractivity contribution in [2.24, 2.45) is 0 Å². The van der Waals surface area contributed by atoms with Crippen LogP contribution in [0.25, 0.3) is 10.9 Å². The van der Waals surface area contributed by atoms with E-state index in [1.165, 1.54) is 0 Å². The number of fused-ring (bicyclic) bond motifs is 1. The number of amides is 2. The van der Waals surface area contributed by atoms with Crippen LogP contribution < -0.4 is 10.6 Å². The third-order valence-electron chi connectivity index (χ3n) is 3.06. The lowest BCUT2D eigenvalue weighted by Gasteiger charge is -2.05. The number of aromatic nitrogens is 1. The van der Waals surface area contributed by atoms with Crippen LogP contribution in [-0.4, -0.2) is 29.9 Å². The van der Waals surface area contributed by atoms with Crippen LogP contribution in [0.4, 0.5) is 0 Å². The molecule has 2 rings (SSSR count). The second kappa shape index (κ2) is 6.75. The van der Waals surface area contributed by atoms with Crippen molar-refractivity contribution in [1.29, 1.82) is 0 Å². The molecule has 0 saturated heterocycles. The van der Waals surface area contributed by atoms with Gasteiger partial charge in [0, 0.05) is 30.4 Å². The fourth-order valence-electron chi connectivity index (χ4n) is 1.93. The summed E-state index contributed by atoms with van der Waals surface area (Å²) in [5.74, 6) is -0.0880. The van der Waals surface area contributed by atoms with Gasteiger partial charge in [0.05, 0.1) is 0 Å². The van der Waals surface area contributed by atoms with Gasteiger partial charge in [-0.3, -0.25) is 9.59 Å². The number of nitrogens with one attached hydrogen (secondary N) is 3. The summed E-state index contributed by atoms with van der Waals surface area (Å²) in [6.07, 6.45) is 1.21. The molecule has 0 spiro atoms. The van der Waals surface area contributed by atoms with E-state index in [0.29, 0.717) is 25.2 Å². The van der Waals surface area contributed by atoms with Crippen LogP contribution in [0, 0.1) is 0 Å². The summed E-state index contributed by atoms with van der Waals surface area (Å²) in [6.45, 7) is 2.94. The van der Waals surface area contributed by atoms with Crippen molar-refractivity contribution in [1.82, 2.24) is 15.6 Å². The number of H-pyrrole nitrogens is 1. The van der Waals surface area contributed by atoms with Gasteiger partial charge in [-0.05, 0) is 18.6 Å². The Labute approximate surface area is 117 Å². The largest absolute Gasteiger partial charge is 0.356 e. The van der Waals surface area contributed by atoms with Crippen molar-refractivity contribution in [3.63, 3.8) is 0 Å². The number of hydrogen-bond acceptors (Lipinski definition) is 2. The number of para-hydroxylation sites is 1. The number of benzene rings is 1. The first-order chi connectivity index (χ1) is 9.70. The summed E-state index contributed by atoms with van der Waals surface area (Å²) in [4.78, 5) is 26.0. The van der Waals surface area contributed by atoms with E-state index in [1.54, 1.807) is 0 Å². The summed E-state index contributed by atoms with van der Waals surface area (Å²) in [6, 6.07) is 9.60. The van der Waals surface area contributed by atoms with E-state index < -0.39 is 0 Å². The van der Waals surface area contributed by atoms with Crippen LogP contribution >= 0.6 is 0 Å². The topological polar surface area (TPSA) is 74.0 Å². The Morgan fingerprint density at radius 1 is 1.15 bits per heavy atom. The predicted octanol–water partition coefficient (Wildman–Crippen LogP) is 1.81. The lowest BCUT2D eigenvalue weighted by Crippen LogP contribution is -2.29. The Balaban J connectivity index is 1.78. The van der Waals surface area contributed by atoms with E-state index in [9.17, 15) is 9.59 Å². The molecule has 2 aromatic rings. The maximum Gasteiger partial charge on any atom is 0.267 e. The highest BCUT2D eigenvalue weighted by Gasteiger charge is 2.08. The molecule has 0 radical (unpaired) electrons. The van der Waals surface area contributed by atoms with Crippen molar-refractivity contribution in [3.8, 4) is 0 Å². The molecule has 2 amide bonds. The minimum atomic E-state index is -0.122. The normalized spacial score (nSPS) is 10.4. The van der Waals surface area contributed by atoms with Gasteiger partial charge in [-0.2, -0.15) is 0 Å². The van der Waals surface area contributed by atoms with Gasteiger partial charge in [0.15, 0.2) is 0 Å². The molecule has 1 heterocycles. The minimum Gasteiger partial charge on any atom is -0.356 e. The highest BCUT2D eigenvalue weighted by Crippen LogP contribution is 2.14. The molecule has 5 nitrogen and oxygen atoms in total. The SMILES string of the molecule is CCC(=O)NCCCNC(=O)c1cc2ccccc2[nH]1. The van der Waals surface area contributed by atoms with Gasteiger partial charge in [-0.15, -0.1) is 0 Å². The molecule has 106 valence electrons. The van der Waals surface area contributed by atoms with Gasteiger partial charge in [0.25, 0.3) is 5.91 Å². The summed E-state index contributed by atoms with van der Waals surface area (Å²) >= 11 is 0. The number of aromatic amines is 1. The highest BCUT2D eigenvalue weighted by molar-refractivity contribution is 5.97. The van der Waals surface area contributed by atoms with Gasteiger partial charge in [-0.1, -0.05) is 25.1 Å². The van der Waals surface area contributed by atoms with Crippen molar-refractivity contribution in [3.05, 3.63) is 36.0 Å². The van der Waals surface area contributed by atoms with E-state index >= 15 is 0 Å². The van der Waals surface area contributed by atoms with Crippen LogP contribution in [0.3, 0.4) is 0 Å². The molecule has 3 N–H and O–H groups in total. The van der Waals surface area contributed by atoms with E-state index in [1.807, 2.05) is 37.3 Å². The first kappa shape index (κ1) is 14.1. The second-order valence-corrected chi connectivity index (χ2v) is 4.58. The zero-order valence-electron chi connectivity index (χ0n) is 11.5. The van der Waals surface area contributed by atoms with E-state index in [-0.39, 0.29) is 11.8 Å². The maximum atomic E-state index is 11.9. The number of carbonyl (C=O) groups is 2. The lowest BCUT2D eigenvalue weighted by atomic mass is 10.2. The molecule has 20 heavy (non-hydrogen) atoms. The number of carbonyl (C=O) groups excluding carboxylic acids is 2. The molecule has 5 heteroatoms. The quantitative estimate of drug-likeness (QED) is 0.702. The zero-order valence-corrected chi connectivity index (χ0v) is 11.5. The summed E-state index contributed by atoms with van der Waals surface area (Å²) in [5.41, 5.74) is 1.51. The molecule has 0 aliphatic heterocycles. The molecule has 0 unspecified atom stereocenters. The third-order valence-corrected chi connectivity index (χ3v) is 3.06. The molecule has 1 aromatic heterocycles. The standard InChI is InChI=1S/C15H19N3O2/c1-2-14(19)16-8-5-9-17-15(20)13-10-11-6-3-4-7-12(11)18-13/h3-4,6-7,10,18H,2,5,8-9H2,1H3,(H,16,19)(H,17,20). The molecule has 1 aromatic carbocycles. The molecule has 0 bridgehead atoms. The Bertz CT molecular complexity index is 571. The lowest BCUT2D eigenvalue weighted by molar-refractivity contribution is -0.120. The summed E-state index contributed by atoms with van der Waals surface area (Å²) in [7, 11) is 0. The molecule has 0 fully saturated rings. The van der Waals surface area contributed by atoms with Gasteiger partial charge in [0.1, 0.15) is 5.69 Å². The molecule has 0 saturated carbocycles. The summed E-state index contributed by atoms with van der Waals surface area (Å²) < 4.78 is 0. The van der Waals surface area contributed by atoms with Crippen LogP contribution in [-0.2, 0) is 4.79 Å². The van der Waals surface area contributed by atoms with E-state index in [0.717, 1.165) is 17.3 Å². The number of rotatable bonds is 6. The monoisotopic (exact) mass is 273 g/mol. The van der Waals surface area contributed by atoms with Crippen molar-refractivity contribution in [2.45, 2.75) is 19.8 Å². The van der Waals surface area contributed by atoms with Crippen LogP contribution in [0.2, 0.25) is 0 Å². The zero-order chi connectivity index (χ0) is 14.4. The van der Waals surface area contributed by atoms with Crippen LogP contribution in [0.5, 0.6) is 0 Å². The van der Waals surface area contributed by atoms with Crippen LogP contribution in [0.1, 0.15) is 30.3 Å². The number of hydrogen-bond donors (Lipinski definition) is 3. The van der Waals surface area contributed by atoms with Crippen molar-refractivity contribution >= 4 is 22.7 Å². The fraction of sp³-hybridized carbons (Fsp3) is 0.333. The second-order valence-electron chi connectivity index (χ2n) is 4.58. The Morgan fingerprint density at radius 3 is 2.65 bits per heavy atom. The minimum absolute atomic E-state index is 0.0342. The van der Waals surface area contributed by atoms with E-state index in [4.69, 9.17) is 0 Å². The highest BCUT2D eigenvalue weighted by atomic mass is 16.2. The average molecular weight is 273 g/mol. The first-order valence-corrected chi connectivity index (χ1v) is 6.83. The van der Waals surface area contributed by atoms with Crippen molar-refractivity contribution < 1.29 is 9.59 Å². The van der Waals surface area contributed by atoms with E-state index in [2.05, 4.69) is 15.6 Å². The van der Waals surface area contributed by atoms with Crippen molar-refractivity contribution in [2.75, 3.05) is 13.1 Å². The average Bonchev–Trinajstić information content (AvgIpc) is 2.90. The van der Waals surface area contributed by atoms with Crippen LogP contribution in [0.15, 0.2) is 30.3 Å². The van der Waals surface area contributed by atoms with Gasteiger partial charge in [0.2, 0.25) is 5.91 Å². The molecular weight excluding hydrogens is 254 g/mol. The molecule has 0 aliphatic carbocycles. The smallest absolute Gasteiger partial charge is 0.267 e. The third kappa shape index (κ3) is 3.60. The maximum absolute atomic E-state index is 11.9. The Hall–Kier alpha value is -2.30. The fourth-order valence-corrected chi connectivity index (χ4v) is 1.93. The van der Waals surface area contributed by atoms with Gasteiger partial charge < -0.3 is 15.6 Å². The Morgan fingerprint density at radius 2 is 1.90 bits per heavy atom.